The summed E-state index contributed by atoms with van der Waals surface area (Å²) in [5.74, 6) is 0.292. The van der Waals surface area contributed by atoms with Crippen LogP contribution in [-0.4, -0.2) is 13.2 Å². The van der Waals surface area contributed by atoms with E-state index in [1.54, 1.807) is 49.4 Å². The molecule has 2 atom stereocenters. The smallest absolute Gasteiger partial charge is 0.169 e. The van der Waals surface area contributed by atoms with Crippen molar-refractivity contribution in [3.63, 3.8) is 0 Å². The summed E-state index contributed by atoms with van der Waals surface area (Å²) in [7, 11) is 1.42. The highest BCUT2D eigenvalue weighted by Gasteiger charge is 2.22. The van der Waals surface area contributed by atoms with E-state index < -0.39 is 18.0 Å². The topological polar surface area (TPSA) is 44.5 Å². The Kier molecular flexibility index (Phi) is 5.04. The number of hydrogen-bond donors (Lipinski definition) is 1. The number of benzene rings is 2. The molecule has 0 aliphatic carbocycles. The molecule has 2 aromatic rings. The molecule has 2 rings (SSSR count). The quantitative estimate of drug-likeness (QED) is 0.909. The van der Waals surface area contributed by atoms with Crippen LogP contribution in [-0.2, 0) is 0 Å². The molecule has 5 heteroatoms. The molecule has 0 aromatic heterocycles. The monoisotopic (exact) mass is 309 g/mol. The molecule has 0 amide bonds. The second-order valence-electron chi connectivity index (χ2n) is 4.67. The van der Waals surface area contributed by atoms with E-state index >= 15 is 0 Å². The van der Waals surface area contributed by atoms with Gasteiger partial charge in [-0.2, -0.15) is 0 Å². The molecule has 21 heavy (non-hydrogen) atoms. The van der Waals surface area contributed by atoms with Crippen molar-refractivity contribution in [1.29, 1.82) is 0 Å². The fraction of sp³-hybridized carbons (Fsp3) is 0.250. The second kappa shape index (κ2) is 6.78. The summed E-state index contributed by atoms with van der Waals surface area (Å²) in [5.41, 5.74) is 6.45. The Balaban J connectivity index is 2.17. The second-order valence-corrected chi connectivity index (χ2v) is 5.11. The van der Waals surface area contributed by atoms with Crippen molar-refractivity contribution in [2.75, 3.05) is 7.11 Å². The van der Waals surface area contributed by atoms with E-state index in [4.69, 9.17) is 26.8 Å². The van der Waals surface area contributed by atoms with Gasteiger partial charge in [0.05, 0.1) is 13.2 Å². The Labute approximate surface area is 128 Å². The highest BCUT2D eigenvalue weighted by molar-refractivity contribution is 6.30. The van der Waals surface area contributed by atoms with E-state index in [2.05, 4.69) is 0 Å². The van der Waals surface area contributed by atoms with Crippen LogP contribution in [0.2, 0.25) is 5.02 Å². The predicted molar refractivity (Wildman–Crippen MR) is 81.4 cm³/mol. The lowest BCUT2D eigenvalue weighted by Gasteiger charge is -2.22. The highest BCUT2D eigenvalue weighted by atomic mass is 35.5. The van der Waals surface area contributed by atoms with Gasteiger partial charge in [-0.25, -0.2) is 4.39 Å². The van der Waals surface area contributed by atoms with Gasteiger partial charge in [-0.15, -0.1) is 0 Å². The first-order valence-electron chi connectivity index (χ1n) is 6.53. The summed E-state index contributed by atoms with van der Waals surface area (Å²) in [6.45, 7) is 1.78. The molecule has 0 bridgehead atoms. The van der Waals surface area contributed by atoms with E-state index in [-0.39, 0.29) is 5.75 Å². The molecular formula is C16H17ClFNO2. The first kappa shape index (κ1) is 15.6. The molecule has 112 valence electrons. The fourth-order valence-electron chi connectivity index (χ4n) is 2.02. The Hall–Kier alpha value is -1.78. The third kappa shape index (κ3) is 3.65. The Bertz CT molecular complexity index is 621. The van der Waals surface area contributed by atoms with E-state index in [9.17, 15) is 4.39 Å². The third-order valence-corrected chi connectivity index (χ3v) is 3.43. The Morgan fingerprint density at radius 2 is 1.90 bits per heavy atom. The number of methoxy groups -OCH3 is 1. The zero-order valence-corrected chi connectivity index (χ0v) is 12.6. The summed E-state index contributed by atoms with van der Waals surface area (Å²) in [5, 5.41) is 0.570. The van der Waals surface area contributed by atoms with Crippen LogP contribution in [0.3, 0.4) is 0 Å². The maximum absolute atomic E-state index is 14.2. The van der Waals surface area contributed by atoms with Crippen molar-refractivity contribution in [3.05, 3.63) is 58.9 Å². The molecule has 0 saturated carbocycles. The number of hydrogen-bond acceptors (Lipinski definition) is 3. The minimum atomic E-state index is -0.626. The first-order valence-corrected chi connectivity index (χ1v) is 6.91. The largest absolute Gasteiger partial charge is 0.494 e. The molecule has 0 radical (unpaired) electrons. The van der Waals surface area contributed by atoms with Crippen LogP contribution in [0, 0.1) is 5.82 Å². The van der Waals surface area contributed by atoms with Gasteiger partial charge in [0.25, 0.3) is 0 Å². The van der Waals surface area contributed by atoms with Crippen LogP contribution in [0.1, 0.15) is 18.5 Å². The summed E-state index contributed by atoms with van der Waals surface area (Å²) < 4.78 is 24.9. The molecule has 3 nitrogen and oxygen atoms in total. The predicted octanol–water partition coefficient (Wildman–Crippen LogP) is 3.96. The SMILES string of the molecule is COc1cccc(C(N)C(C)Oc2cccc(Cl)c2)c1F. The summed E-state index contributed by atoms with van der Waals surface area (Å²) >= 11 is 5.90. The summed E-state index contributed by atoms with van der Waals surface area (Å²) in [4.78, 5) is 0. The number of ether oxygens (including phenoxy) is 2. The molecule has 2 N–H and O–H groups in total. The molecule has 0 fully saturated rings. The van der Waals surface area contributed by atoms with E-state index in [0.717, 1.165) is 0 Å². The third-order valence-electron chi connectivity index (χ3n) is 3.20. The molecule has 0 aliphatic heterocycles. The molecule has 0 aliphatic rings. The van der Waals surface area contributed by atoms with Gasteiger partial charge in [-0.05, 0) is 31.2 Å². The zero-order valence-electron chi connectivity index (χ0n) is 11.8. The lowest BCUT2D eigenvalue weighted by Crippen LogP contribution is -2.29. The summed E-state index contributed by atoms with van der Waals surface area (Å²) in [6.07, 6.45) is -0.426. The Morgan fingerprint density at radius 3 is 2.57 bits per heavy atom. The zero-order chi connectivity index (χ0) is 15.4. The van der Waals surface area contributed by atoms with Crippen molar-refractivity contribution in [3.8, 4) is 11.5 Å². The van der Waals surface area contributed by atoms with Crippen molar-refractivity contribution >= 4 is 11.6 Å². The van der Waals surface area contributed by atoms with Gasteiger partial charge in [-0.1, -0.05) is 29.8 Å². The van der Waals surface area contributed by atoms with Crippen LogP contribution < -0.4 is 15.2 Å². The fourth-order valence-corrected chi connectivity index (χ4v) is 2.20. The minimum Gasteiger partial charge on any atom is -0.494 e. The van der Waals surface area contributed by atoms with Crippen molar-refractivity contribution in [1.82, 2.24) is 0 Å². The van der Waals surface area contributed by atoms with Crippen LogP contribution in [0.4, 0.5) is 4.39 Å². The van der Waals surface area contributed by atoms with Crippen LogP contribution in [0.5, 0.6) is 11.5 Å². The summed E-state index contributed by atoms with van der Waals surface area (Å²) in [6, 6.07) is 11.2. The molecule has 0 heterocycles. The molecular weight excluding hydrogens is 293 g/mol. The molecule has 0 saturated heterocycles. The minimum absolute atomic E-state index is 0.165. The van der Waals surface area contributed by atoms with Gasteiger partial charge in [0.15, 0.2) is 11.6 Å². The van der Waals surface area contributed by atoms with Gasteiger partial charge < -0.3 is 15.2 Å². The van der Waals surface area contributed by atoms with Gasteiger partial charge in [-0.3, -0.25) is 0 Å². The average Bonchev–Trinajstić information content (AvgIpc) is 2.47. The standard InChI is InChI=1S/C16H17ClFNO2/c1-10(21-12-6-3-5-11(17)9-12)16(19)13-7-4-8-14(20-2)15(13)18/h3-10,16H,19H2,1-2H3. The number of nitrogens with two attached hydrogens (primary N) is 1. The van der Waals surface area contributed by atoms with Gasteiger partial charge in [0, 0.05) is 10.6 Å². The van der Waals surface area contributed by atoms with E-state index in [1.165, 1.54) is 7.11 Å². The highest BCUT2D eigenvalue weighted by Crippen LogP contribution is 2.28. The maximum Gasteiger partial charge on any atom is 0.169 e. The van der Waals surface area contributed by atoms with E-state index in [0.29, 0.717) is 16.3 Å². The lowest BCUT2D eigenvalue weighted by molar-refractivity contribution is 0.188. The van der Waals surface area contributed by atoms with Gasteiger partial charge >= 0.3 is 0 Å². The maximum atomic E-state index is 14.2. The van der Waals surface area contributed by atoms with Gasteiger partial charge in [0.2, 0.25) is 0 Å². The van der Waals surface area contributed by atoms with Gasteiger partial charge in [0.1, 0.15) is 11.9 Å². The van der Waals surface area contributed by atoms with Crippen LogP contribution in [0.15, 0.2) is 42.5 Å². The molecule has 0 spiro atoms. The van der Waals surface area contributed by atoms with Crippen LogP contribution >= 0.6 is 11.6 Å². The van der Waals surface area contributed by atoms with E-state index in [1.807, 2.05) is 0 Å². The lowest BCUT2D eigenvalue weighted by atomic mass is 10.0. The van der Waals surface area contributed by atoms with Crippen LogP contribution in [0.25, 0.3) is 0 Å². The van der Waals surface area contributed by atoms with Crippen molar-refractivity contribution < 1.29 is 13.9 Å². The van der Waals surface area contributed by atoms with Crippen molar-refractivity contribution in [2.45, 2.75) is 19.1 Å². The molecule has 2 aromatic carbocycles. The normalized spacial score (nSPS) is 13.6. The average molecular weight is 310 g/mol. The van der Waals surface area contributed by atoms with Crippen molar-refractivity contribution in [2.24, 2.45) is 5.73 Å². The Morgan fingerprint density at radius 1 is 1.19 bits per heavy atom. The number of rotatable bonds is 5. The number of halogens is 2. The molecule has 2 unspecified atom stereocenters. The first-order chi connectivity index (χ1) is 10.0.